The summed E-state index contributed by atoms with van der Waals surface area (Å²) >= 11 is 0. The number of nitrogens with two attached hydrogens (primary N) is 1. The summed E-state index contributed by atoms with van der Waals surface area (Å²) in [6.45, 7) is 8.69. The highest BCUT2D eigenvalue weighted by molar-refractivity contribution is 5.54. The van der Waals surface area contributed by atoms with Crippen molar-refractivity contribution in [2.24, 2.45) is 5.92 Å². The zero-order valence-corrected chi connectivity index (χ0v) is 13.6. The Morgan fingerprint density at radius 2 is 2.00 bits per heavy atom. The van der Waals surface area contributed by atoms with Gasteiger partial charge in [-0.15, -0.1) is 0 Å². The molecular weight excluding hydrogens is 266 g/mol. The van der Waals surface area contributed by atoms with Crippen LogP contribution in [0, 0.1) is 5.92 Å². The van der Waals surface area contributed by atoms with E-state index in [1.807, 2.05) is 32.9 Å². The predicted octanol–water partition coefficient (Wildman–Crippen LogP) is 2.70. The van der Waals surface area contributed by atoms with Gasteiger partial charge in [-0.25, -0.2) is 0 Å². The van der Waals surface area contributed by atoms with Gasteiger partial charge in [0.05, 0.1) is 5.69 Å². The van der Waals surface area contributed by atoms with Gasteiger partial charge in [0.15, 0.2) is 0 Å². The smallest absolute Gasteiger partial charge is 0.239 e. The zero-order chi connectivity index (χ0) is 15.5. The highest BCUT2D eigenvalue weighted by Gasteiger charge is 2.19. The van der Waals surface area contributed by atoms with Crippen LogP contribution in [-0.2, 0) is 4.74 Å². The number of hydrogen-bond acceptors (Lipinski definition) is 5. The van der Waals surface area contributed by atoms with Crippen LogP contribution in [0.15, 0.2) is 12.1 Å². The fourth-order valence-electron chi connectivity index (χ4n) is 2.44. The van der Waals surface area contributed by atoms with E-state index in [1.54, 1.807) is 0 Å². The Morgan fingerprint density at radius 3 is 2.62 bits per heavy atom. The molecular formula is C16H27N3O2. The van der Waals surface area contributed by atoms with Gasteiger partial charge < -0.3 is 20.1 Å². The highest BCUT2D eigenvalue weighted by Crippen LogP contribution is 2.27. The second-order valence-corrected chi connectivity index (χ2v) is 6.71. The first-order chi connectivity index (χ1) is 9.85. The average molecular weight is 293 g/mol. The first-order valence-electron chi connectivity index (χ1n) is 7.59. The van der Waals surface area contributed by atoms with Gasteiger partial charge in [0.1, 0.15) is 11.4 Å². The molecule has 2 rings (SSSR count). The second kappa shape index (κ2) is 6.52. The van der Waals surface area contributed by atoms with Crippen molar-refractivity contribution >= 4 is 11.5 Å². The standard InChI is InChI=1S/C16H27N3O2/c1-16(2,3)21-15-13(17)5-6-14(18-15)19(4)11-12-7-9-20-10-8-12/h5-6,12H,7-11,17H2,1-4H3. The van der Waals surface area contributed by atoms with Gasteiger partial charge in [-0.1, -0.05) is 0 Å². The Bertz CT molecular complexity index is 465. The Kier molecular flexibility index (Phi) is 4.93. The number of pyridine rings is 1. The molecule has 2 N–H and O–H groups in total. The van der Waals surface area contributed by atoms with Crippen LogP contribution >= 0.6 is 0 Å². The Balaban J connectivity index is 2.06. The first-order valence-corrected chi connectivity index (χ1v) is 7.59. The molecule has 1 aromatic rings. The van der Waals surface area contributed by atoms with Crippen molar-refractivity contribution in [3.05, 3.63) is 12.1 Å². The Hall–Kier alpha value is -1.49. The summed E-state index contributed by atoms with van der Waals surface area (Å²) in [6.07, 6.45) is 2.23. The number of aromatic nitrogens is 1. The fraction of sp³-hybridized carbons (Fsp3) is 0.688. The van der Waals surface area contributed by atoms with Gasteiger partial charge >= 0.3 is 0 Å². The van der Waals surface area contributed by atoms with E-state index in [4.69, 9.17) is 15.2 Å². The lowest BCUT2D eigenvalue weighted by Gasteiger charge is -2.28. The molecule has 0 atom stereocenters. The molecule has 0 aliphatic carbocycles. The highest BCUT2D eigenvalue weighted by atomic mass is 16.5. The van der Waals surface area contributed by atoms with E-state index < -0.39 is 0 Å². The quantitative estimate of drug-likeness (QED) is 0.925. The molecule has 0 radical (unpaired) electrons. The molecule has 2 heterocycles. The number of anilines is 2. The van der Waals surface area contributed by atoms with E-state index in [0.29, 0.717) is 17.5 Å². The molecule has 1 fully saturated rings. The summed E-state index contributed by atoms with van der Waals surface area (Å²) in [5.74, 6) is 2.07. The van der Waals surface area contributed by atoms with Crippen LogP contribution in [0.2, 0.25) is 0 Å². The molecule has 0 bridgehead atoms. The summed E-state index contributed by atoms with van der Waals surface area (Å²) in [5.41, 5.74) is 6.23. The maximum absolute atomic E-state index is 5.96. The minimum absolute atomic E-state index is 0.307. The maximum Gasteiger partial charge on any atom is 0.239 e. The van der Waals surface area contributed by atoms with Crippen molar-refractivity contribution in [1.29, 1.82) is 0 Å². The van der Waals surface area contributed by atoms with Gasteiger partial charge in [0.25, 0.3) is 0 Å². The fourth-order valence-corrected chi connectivity index (χ4v) is 2.44. The molecule has 0 saturated carbocycles. The van der Waals surface area contributed by atoms with Crippen LogP contribution in [0.5, 0.6) is 5.88 Å². The molecule has 0 aromatic carbocycles. The first kappa shape index (κ1) is 15.9. The van der Waals surface area contributed by atoms with Crippen molar-refractivity contribution in [2.75, 3.05) is 37.4 Å². The minimum atomic E-state index is -0.307. The second-order valence-electron chi connectivity index (χ2n) is 6.71. The van der Waals surface area contributed by atoms with E-state index in [2.05, 4.69) is 16.9 Å². The molecule has 1 aliphatic rings. The van der Waals surface area contributed by atoms with Crippen molar-refractivity contribution in [3.8, 4) is 5.88 Å². The number of ether oxygens (including phenoxy) is 2. The zero-order valence-electron chi connectivity index (χ0n) is 13.6. The Morgan fingerprint density at radius 1 is 1.33 bits per heavy atom. The largest absolute Gasteiger partial charge is 0.470 e. The predicted molar refractivity (Wildman–Crippen MR) is 85.8 cm³/mol. The number of rotatable bonds is 4. The van der Waals surface area contributed by atoms with Crippen molar-refractivity contribution in [3.63, 3.8) is 0 Å². The van der Waals surface area contributed by atoms with E-state index >= 15 is 0 Å². The number of hydrogen-bond donors (Lipinski definition) is 1. The topological polar surface area (TPSA) is 60.6 Å². The number of nitrogen functional groups attached to an aromatic ring is 1. The minimum Gasteiger partial charge on any atom is -0.470 e. The Labute approximate surface area is 127 Å². The van der Waals surface area contributed by atoms with Crippen LogP contribution < -0.4 is 15.4 Å². The maximum atomic E-state index is 5.96. The van der Waals surface area contributed by atoms with Crippen molar-refractivity contribution < 1.29 is 9.47 Å². The molecule has 1 aromatic heterocycles. The number of nitrogens with zero attached hydrogens (tertiary/aromatic N) is 2. The SMILES string of the molecule is CN(CC1CCOCC1)c1ccc(N)c(OC(C)(C)C)n1. The van der Waals surface area contributed by atoms with E-state index in [9.17, 15) is 0 Å². The van der Waals surface area contributed by atoms with Gasteiger partial charge in [-0.05, 0) is 51.7 Å². The molecule has 0 amide bonds. The van der Waals surface area contributed by atoms with Crippen LogP contribution in [0.3, 0.4) is 0 Å². The van der Waals surface area contributed by atoms with Crippen LogP contribution in [0.25, 0.3) is 0 Å². The molecule has 21 heavy (non-hydrogen) atoms. The van der Waals surface area contributed by atoms with Crippen LogP contribution in [0.4, 0.5) is 11.5 Å². The van der Waals surface area contributed by atoms with Gasteiger partial charge in [0, 0.05) is 26.8 Å². The van der Waals surface area contributed by atoms with E-state index in [-0.39, 0.29) is 5.60 Å². The van der Waals surface area contributed by atoms with Gasteiger partial charge in [-0.2, -0.15) is 4.98 Å². The van der Waals surface area contributed by atoms with Gasteiger partial charge in [0.2, 0.25) is 5.88 Å². The summed E-state index contributed by atoms with van der Waals surface area (Å²) in [5, 5.41) is 0. The van der Waals surface area contributed by atoms with Crippen molar-refractivity contribution in [2.45, 2.75) is 39.2 Å². The third kappa shape index (κ3) is 4.77. The normalized spacial score (nSPS) is 16.8. The monoisotopic (exact) mass is 293 g/mol. The molecule has 5 nitrogen and oxygen atoms in total. The van der Waals surface area contributed by atoms with E-state index in [1.165, 1.54) is 0 Å². The van der Waals surface area contributed by atoms with Crippen LogP contribution in [0.1, 0.15) is 33.6 Å². The summed E-state index contributed by atoms with van der Waals surface area (Å²) < 4.78 is 11.2. The summed E-state index contributed by atoms with van der Waals surface area (Å²) in [7, 11) is 2.06. The average Bonchev–Trinajstić information content (AvgIpc) is 2.41. The third-order valence-electron chi connectivity index (χ3n) is 3.54. The lowest BCUT2D eigenvalue weighted by atomic mass is 10.00. The van der Waals surface area contributed by atoms with E-state index in [0.717, 1.165) is 38.4 Å². The van der Waals surface area contributed by atoms with Crippen molar-refractivity contribution in [1.82, 2.24) is 4.98 Å². The van der Waals surface area contributed by atoms with Crippen LogP contribution in [-0.4, -0.2) is 37.4 Å². The lowest BCUT2D eigenvalue weighted by molar-refractivity contribution is 0.0684. The molecule has 5 heteroatoms. The molecule has 0 unspecified atom stereocenters. The molecule has 0 spiro atoms. The molecule has 1 aliphatic heterocycles. The lowest BCUT2D eigenvalue weighted by Crippen LogP contribution is -2.30. The third-order valence-corrected chi connectivity index (χ3v) is 3.54. The summed E-state index contributed by atoms with van der Waals surface area (Å²) in [6, 6.07) is 3.81. The molecule has 118 valence electrons. The summed E-state index contributed by atoms with van der Waals surface area (Å²) in [4.78, 5) is 6.74. The van der Waals surface area contributed by atoms with Gasteiger partial charge in [-0.3, -0.25) is 0 Å². The molecule has 1 saturated heterocycles.